The number of morpholine rings is 1. The predicted octanol–water partition coefficient (Wildman–Crippen LogP) is 3.45. The zero-order valence-corrected chi connectivity index (χ0v) is 15.7. The summed E-state index contributed by atoms with van der Waals surface area (Å²) in [5.74, 6) is 0.243. The molecule has 0 spiro atoms. The minimum atomic E-state index is -0.713. The van der Waals surface area contributed by atoms with E-state index in [9.17, 15) is 4.79 Å². The predicted molar refractivity (Wildman–Crippen MR) is 104 cm³/mol. The Hall–Kier alpha value is -2.75. The van der Waals surface area contributed by atoms with E-state index < -0.39 is 6.10 Å². The van der Waals surface area contributed by atoms with Gasteiger partial charge in [0.05, 0.1) is 36.2 Å². The van der Waals surface area contributed by atoms with Crippen molar-refractivity contribution in [2.45, 2.75) is 13.0 Å². The lowest BCUT2D eigenvalue weighted by atomic mass is 10.2. The van der Waals surface area contributed by atoms with Crippen LogP contribution in [0.15, 0.2) is 42.5 Å². The molecule has 1 atom stereocenters. The number of hydrogen-bond acceptors (Lipinski definition) is 5. The lowest BCUT2D eigenvalue weighted by molar-refractivity contribution is -0.122. The molecule has 27 heavy (non-hydrogen) atoms. The van der Waals surface area contributed by atoms with Crippen LogP contribution < -0.4 is 15.0 Å². The standard InChI is InChI=1S/C20H20ClN3O3/c1-14(27-17-5-2-15(13-22)3-6-17)20(25)23-18-12-16(21)4-7-19(18)24-8-10-26-11-9-24/h2-7,12,14H,8-11H2,1H3,(H,23,25)/t14-/m0/s1. The first-order chi connectivity index (χ1) is 13.1. The molecule has 0 aromatic heterocycles. The van der Waals surface area contributed by atoms with Gasteiger partial charge >= 0.3 is 0 Å². The minimum absolute atomic E-state index is 0.281. The summed E-state index contributed by atoms with van der Waals surface area (Å²) >= 11 is 6.12. The third-order valence-electron chi connectivity index (χ3n) is 4.23. The summed E-state index contributed by atoms with van der Waals surface area (Å²) < 4.78 is 11.1. The van der Waals surface area contributed by atoms with Crippen molar-refractivity contribution in [2.75, 3.05) is 36.5 Å². The largest absolute Gasteiger partial charge is 0.481 e. The SMILES string of the molecule is C[C@H](Oc1ccc(C#N)cc1)C(=O)Nc1cc(Cl)ccc1N1CCOCC1. The lowest BCUT2D eigenvalue weighted by Gasteiger charge is -2.30. The first-order valence-corrected chi connectivity index (χ1v) is 9.04. The number of hydrogen-bond donors (Lipinski definition) is 1. The summed E-state index contributed by atoms with van der Waals surface area (Å²) in [5, 5.41) is 12.3. The van der Waals surface area contributed by atoms with Crippen LogP contribution in [0.1, 0.15) is 12.5 Å². The van der Waals surface area contributed by atoms with Crippen LogP contribution in [0.2, 0.25) is 5.02 Å². The number of carbonyl (C=O) groups excluding carboxylic acids is 1. The van der Waals surface area contributed by atoms with Crippen LogP contribution in [0, 0.1) is 11.3 Å². The number of nitriles is 1. The Kier molecular flexibility index (Phi) is 6.17. The first kappa shape index (κ1) is 19.0. The molecule has 0 radical (unpaired) electrons. The highest BCUT2D eigenvalue weighted by molar-refractivity contribution is 6.31. The first-order valence-electron chi connectivity index (χ1n) is 8.67. The summed E-state index contributed by atoms with van der Waals surface area (Å²) in [7, 11) is 0. The Bertz CT molecular complexity index is 843. The van der Waals surface area contributed by atoms with E-state index in [-0.39, 0.29) is 5.91 Å². The molecule has 1 fully saturated rings. The second-order valence-corrected chi connectivity index (χ2v) is 6.58. The van der Waals surface area contributed by atoms with Gasteiger partial charge in [0, 0.05) is 18.1 Å². The van der Waals surface area contributed by atoms with Crippen LogP contribution in [-0.4, -0.2) is 38.3 Å². The zero-order valence-electron chi connectivity index (χ0n) is 14.9. The van der Waals surface area contributed by atoms with Crippen LogP contribution in [-0.2, 0) is 9.53 Å². The molecule has 140 valence electrons. The number of carbonyl (C=O) groups is 1. The molecular formula is C20H20ClN3O3. The van der Waals surface area contributed by atoms with Crippen molar-refractivity contribution in [1.29, 1.82) is 5.26 Å². The van der Waals surface area contributed by atoms with Gasteiger partial charge in [0.2, 0.25) is 0 Å². The van der Waals surface area contributed by atoms with Crippen molar-refractivity contribution in [3.8, 4) is 11.8 Å². The highest BCUT2D eigenvalue weighted by Crippen LogP contribution is 2.30. The topological polar surface area (TPSA) is 74.6 Å². The normalized spacial score (nSPS) is 14.9. The number of nitrogens with zero attached hydrogens (tertiary/aromatic N) is 2. The summed E-state index contributed by atoms with van der Waals surface area (Å²) in [4.78, 5) is 14.8. The molecule has 0 unspecified atom stereocenters. The molecule has 2 aromatic carbocycles. The molecule has 0 saturated carbocycles. The second kappa shape index (κ2) is 8.76. The Labute approximate surface area is 163 Å². The van der Waals surface area contributed by atoms with Crippen LogP contribution >= 0.6 is 11.6 Å². The molecular weight excluding hydrogens is 366 g/mol. The number of halogens is 1. The van der Waals surface area contributed by atoms with Gasteiger partial charge in [-0.1, -0.05) is 11.6 Å². The Morgan fingerprint density at radius 1 is 1.26 bits per heavy atom. The van der Waals surface area contributed by atoms with Crippen LogP contribution in [0.4, 0.5) is 11.4 Å². The van der Waals surface area contributed by atoms with Gasteiger partial charge in [0.1, 0.15) is 5.75 Å². The molecule has 1 amide bonds. The fraction of sp³-hybridized carbons (Fsp3) is 0.300. The van der Waals surface area contributed by atoms with Crippen molar-refractivity contribution < 1.29 is 14.3 Å². The van der Waals surface area contributed by atoms with E-state index in [0.29, 0.717) is 35.2 Å². The van der Waals surface area contributed by atoms with Crippen molar-refractivity contribution in [2.24, 2.45) is 0 Å². The van der Waals surface area contributed by atoms with Crippen molar-refractivity contribution >= 4 is 28.9 Å². The summed E-state index contributed by atoms with van der Waals surface area (Å²) in [5.41, 5.74) is 2.08. The van der Waals surface area contributed by atoms with E-state index in [2.05, 4.69) is 10.2 Å². The van der Waals surface area contributed by atoms with E-state index in [1.807, 2.05) is 12.1 Å². The third kappa shape index (κ3) is 4.91. The molecule has 1 saturated heterocycles. The molecule has 1 aliphatic heterocycles. The maximum atomic E-state index is 12.6. The van der Waals surface area contributed by atoms with Gasteiger partial charge in [0.25, 0.3) is 5.91 Å². The number of rotatable bonds is 5. The zero-order chi connectivity index (χ0) is 19.2. The molecule has 7 heteroatoms. The average molecular weight is 386 g/mol. The van der Waals surface area contributed by atoms with Crippen molar-refractivity contribution in [1.82, 2.24) is 0 Å². The minimum Gasteiger partial charge on any atom is -0.481 e. The molecule has 3 rings (SSSR count). The van der Waals surface area contributed by atoms with E-state index >= 15 is 0 Å². The van der Waals surface area contributed by atoms with Crippen molar-refractivity contribution in [3.05, 3.63) is 53.1 Å². The molecule has 1 N–H and O–H groups in total. The fourth-order valence-corrected chi connectivity index (χ4v) is 2.96. The highest BCUT2D eigenvalue weighted by atomic mass is 35.5. The molecule has 1 aliphatic rings. The summed E-state index contributed by atoms with van der Waals surface area (Å²) in [6.07, 6.45) is -0.713. The highest BCUT2D eigenvalue weighted by Gasteiger charge is 2.20. The Morgan fingerprint density at radius 3 is 2.63 bits per heavy atom. The maximum Gasteiger partial charge on any atom is 0.265 e. The molecule has 6 nitrogen and oxygen atoms in total. The Morgan fingerprint density at radius 2 is 1.96 bits per heavy atom. The molecule has 1 heterocycles. The average Bonchev–Trinajstić information content (AvgIpc) is 2.69. The van der Waals surface area contributed by atoms with Gasteiger partial charge in [-0.05, 0) is 49.4 Å². The number of nitrogens with one attached hydrogen (secondary N) is 1. The maximum absolute atomic E-state index is 12.6. The third-order valence-corrected chi connectivity index (χ3v) is 4.47. The quantitative estimate of drug-likeness (QED) is 0.853. The van der Waals surface area contributed by atoms with E-state index in [1.54, 1.807) is 43.3 Å². The van der Waals surface area contributed by atoms with Crippen LogP contribution in [0.3, 0.4) is 0 Å². The number of anilines is 2. The van der Waals surface area contributed by atoms with E-state index in [4.69, 9.17) is 26.3 Å². The van der Waals surface area contributed by atoms with Gasteiger partial charge in [-0.3, -0.25) is 4.79 Å². The second-order valence-electron chi connectivity index (χ2n) is 6.15. The smallest absolute Gasteiger partial charge is 0.265 e. The lowest BCUT2D eigenvalue weighted by Crippen LogP contribution is -2.37. The van der Waals surface area contributed by atoms with Gasteiger partial charge in [-0.25, -0.2) is 0 Å². The van der Waals surface area contributed by atoms with Gasteiger partial charge in [-0.15, -0.1) is 0 Å². The number of benzene rings is 2. The van der Waals surface area contributed by atoms with Crippen molar-refractivity contribution in [3.63, 3.8) is 0 Å². The fourth-order valence-electron chi connectivity index (χ4n) is 2.79. The Balaban J connectivity index is 1.70. The van der Waals surface area contributed by atoms with Gasteiger partial charge < -0.3 is 19.7 Å². The molecule has 0 aliphatic carbocycles. The van der Waals surface area contributed by atoms with Gasteiger partial charge in [0.15, 0.2) is 6.10 Å². The summed E-state index contributed by atoms with van der Waals surface area (Å²) in [6, 6.07) is 14.1. The molecule has 2 aromatic rings. The van der Waals surface area contributed by atoms with E-state index in [1.165, 1.54) is 0 Å². The van der Waals surface area contributed by atoms with Crippen LogP contribution in [0.5, 0.6) is 5.75 Å². The number of amides is 1. The van der Waals surface area contributed by atoms with E-state index in [0.717, 1.165) is 18.8 Å². The number of ether oxygens (including phenoxy) is 2. The van der Waals surface area contributed by atoms with Gasteiger partial charge in [-0.2, -0.15) is 5.26 Å². The molecule has 0 bridgehead atoms. The van der Waals surface area contributed by atoms with Crippen LogP contribution in [0.25, 0.3) is 0 Å². The summed E-state index contributed by atoms with van der Waals surface area (Å²) in [6.45, 7) is 4.47. The monoisotopic (exact) mass is 385 g/mol.